The number of para-hydroxylation sites is 1. The van der Waals surface area contributed by atoms with Crippen LogP contribution in [-0.4, -0.2) is 42.3 Å². The predicted molar refractivity (Wildman–Crippen MR) is 92.9 cm³/mol. The highest BCUT2D eigenvalue weighted by atomic mass is 16.5. The molecule has 0 spiro atoms. The Labute approximate surface area is 144 Å². The molecular formula is C19H28N2O3. The first-order valence-corrected chi connectivity index (χ1v) is 9.01. The molecule has 2 saturated carbocycles. The van der Waals surface area contributed by atoms with E-state index in [1.54, 1.807) is 11.9 Å². The summed E-state index contributed by atoms with van der Waals surface area (Å²) in [5.74, 6) is 1.77. The Morgan fingerprint density at radius 2 is 2.08 bits per heavy atom. The predicted octanol–water partition coefficient (Wildman–Crippen LogP) is 2.78. The number of nitrogens with zero attached hydrogens (tertiary/aromatic N) is 1. The molecule has 2 aliphatic rings. The molecule has 5 heteroatoms. The van der Waals surface area contributed by atoms with E-state index in [2.05, 4.69) is 5.32 Å². The van der Waals surface area contributed by atoms with Gasteiger partial charge in [-0.05, 0) is 37.7 Å². The Morgan fingerprint density at radius 3 is 2.79 bits per heavy atom. The smallest absolute Gasteiger partial charge is 0.317 e. The molecule has 0 bridgehead atoms. The number of ether oxygens (including phenoxy) is 1. The standard InChI is InChI=1S/C19H28N2O3/c1-21(12-16-6-4-7-17(16)22)19(23)20-11-15-5-2-3-8-18(15)24-13-14-9-10-14/h2-3,5,8,14,16-17,22H,4,6-7,9-13H2,1H3,(H,20,23). The molecule has 0 radical (unpaired) electrons. The van der Waals surface area contributed by atoms with E-state index >= 15 is 0 Å². The van der Waals surface area contributed by atoms with E-state index in [9.17, 15) is 9.90 Å². The Balaban J connectivity index is 1.48. The van der Waals surface area contributed by atoms with Gasteiger partial charge in [0.05, 0.1) is 12.7 Å². The second-order valence-electron chi connectivity index (χ2n) is 7.16. The number of nitrogens with one attached hydrogen (secondary N) is 1. The Bertz CT molecular complexity index is 559. The van der Waals surface area contributed by atoms with Crippen LogP contribution in [0, 0.1) is 11.8 Å². The number of rotatable bonds is 7. The van der Waals surface area contributed by atoms with Crippen molar-refractivity contribution in [1.29, 1.82) is 0 Å². The third kappa shape index (κ3) is 4.63. The van der Waals surface area contributed by atoms with Gasteiger partial charge in [0.25, 0.3) is 0 Å². The van der Waals surface area contributed by atoms with Gasteiger partial charge >= 0.3 is 6.03 Å². The fraction of sp³-hybridized carbons (Fsp3) is 0.632. The summed E-state index contributed by atoms with van der Waals surface area (Å²) in [5, 5.41) is 12.9. The molecule has 0 aliphatic heterocycles. The van der Waals surface area contributed by atoms with Gasteiger partial charge in [-0.1, -0.05) is 24.6 Å². The summed E-state index contributed by atoms with van der Waals surface area (Å²) in [6.07, 6.45) is 5.15. The molecule has 2 unspecified atom stereocenters. The molecule has 2 aliphatic carbocycles. The summed E-state index contributed by atoms with van der Waals surface area (Å²) in [5.41, 5.74) is 1.00. The number of amides is 2. The molecule has 24 heavy (non-hydrogen) atoms. The summed E-state index contributed by atoms with van der Waals surface area (Å²) >= 11 is 0. The number of hydrogen-bond donors (Lipinski definition) is 2. The maximum Gasteiger partial charge on any atom is 0.317 e. The lowest BCUT2D eigenvalue weighted by Gasteiger charge is -2.23. The van der Waals surface area contributed by atoms with E-state index in [-0.39, 0.29) is 18.1 Å². The van der Waals surface area contributed by atoms with Crippen LogP contribution in [0.3, 0.4) is 0 Å². The maximum atomic E-state index is 12.3. The van der Waals surface area contributed by atoms with Crippen LogP contribution in [0.5, 0.6) is 5.75 Å². The molecule has 1 aromatic rings. The molecule has 0 aromatic heterocycles. The number of urea groups is 1. The first-order valence-electron chi connectivity index (χ1n) is 9.01. The zero-order chi connectivity index (χ0) is 16.9. The summed E-state index contributed by atoms with van der Waals surface area (Å²) in [6, 6.07) is 7.77. The first kappa shape index (κ1) is 17.1. The molecule has 132 valence electrons. The lowest BCUT2D eigenvalue weighted by molar-refractivity contribution is 0.114. The monoisotopic (exact) mass is 332 g/mol. The van der Waals surface area contributed by atoms with Crippen molar-refractivity contribution >= 4 is 6.03 Å². The minimum absolute atomic E-state index is 0.105. The van der Waals surface area contributed by atoms with Crippen molar-refractivity contribution in [2.24, 2.45) is 11.8 Å². The molecule has 2 N–H and O–H groups in total. The van der Waals surface area contributed by atoms with Crippen molar-refractivity contribution in [2.45, 2.75) is 44.8 Å². The number of carbonyl (C=O) groups is 1. The number of carbonyl (C=O) groups excluding carboxylic acids is 1. The molecular weight excluding hydrogens is 304 g/mol. The van der Waals surface area contributed by atoms with E-state index in [1.165, 1.54) is 12.8 Å². The summed E-state index contributed by atoms with van der Waals surface area (Å²) in [4.78, 5) is 14.0. The normalized spacial score (nSPS) is 23.1. The lowest BCUT2D eigenvalue weighted by Crippen LogP contribution is -2.40. The SMILES string of the molecule is CN(CC1CCCC1O)C(=O)NCc1ccccc1OCC1CC1. The van der Waals surface area contributed by atoms with Crippen LogP contribution in [-0.2, 0) is 6.54 Å². The topological polar surface area (TPSA) is 61.8 Å². The van der Waals surface area contributed by atoms with Crippen molar-refractivity contribution in [3.8, 4) is 5.75 Å². The van der Waals surface area contributed by atoms with Crippen molar-refractivity contribution in [1.82, 2.24) is 10.2 Å². The maximum absolute atomic E-state index is 12.3. The van der Waals surface area contributed by atoms with Crippen LogP contribution in [0.2, 0.25) is 0 Å². The second kappa shape index (κ2) is 7.88. The fourth-order valence-corrected chi connectivity index (χ4v) is 3.25. The van der Waals surface area contributed by atoms with Crippen molar-refractivity contribution in [2.75, 3.05) is 20.2 Å². The summed E-state index contributed by atoms with van der Waals surface area (Å²) < 4.78 is 5.88. The largest absolute Gasteiger partial charge is 0.493 e. The van der Waals surface area contributed by atoms with Crippen LogP contribution in [0.1, 0.15) is 37.7 Å². The van der Waals surface area contributed by atoms with Crippen LogP contribution >= 0.6 is 0 Å². The Kier molecular flexibility index (Phi) is 5.61. The van der Waals surface area contributed by atoms with Crippen LogP contribution in [0.4, 0.5) is 4.79 Å². The minimum Gasteiger partial charge on any atom is -0.493 e. The average Bonchev–Trinajstić information content (AvgIpc) is 3.34. The fourth-order valence-electron chi connectivity index (χ4n) is 3.25. The van der Waals surface area contributed by atoms with Gasteiger partial charge in [0.1, 0.15) is 5.75 Å². The zero-order valence-corrected chi connectivity index (χ0v) is 14.4. The van der Waals surface area contributed by atoms with Crippen LogP contribution in [0.15, 0.2) is 24.3 Å². The lowest BCUT2D eigenvalue weighted by atomic mass is 10.1. The number of aliphatic hydroxyl groups excluding tert-OH is 1. The Hall–Kier alpha value is -1.75. The van der Waals surface area contributed by atoms with E-state index in [4.69, 9.17) is 4.74 Å². The van der Waals surface area contributed by atoms with Gasteiger partial charge in [-0.25, -0.2) is 4.79 Å². The molecule has 0 saturated heterocycles. The molecule has 2 fully saturated rings. The Morgan fingerprint density at radius 1 is 1.29 bits per heavy atom. The average molecular weight is 332 g/mol. The highest BCUT2D eigenvalue weighted by molar-refractivity contribution is 5.73. The van der Waals surface area contributed by atoms with Gasteiger partial charge in [0.15, 0.2) is 0 Å². The van der Waals surface area contributed by atoms with Gasteiger partial charge in [-0.15, -0.1) is 0 Å². The number of aliphatic hydroxyl groups is 1. The third-order valence-corrected chi connectivity index (χ3v) is 5.05. The molecule has 2 amide bonds. The van der Waals surface area contributed by atoms with Gasteiger partial charge in [-0.2, -0.15) is 0 Å². The van der Waals surface area contributed by atoms with E-state index < -0.39 is 0 Å². The molecule has 1 aromatic carbocycles. The number of hydrogen-bond acceptors (Lipinski definition) is 3. The van der Waals surface area contributed by atoms with Crippen molar-refractivity contribution in [3.05, 3.63) is 29.8 Å². The first-order chi connectivity index (χ1) is 11.6. The van der Waals surface area contributed by atoms with Gasteiger partial charge in [-0.3, -0.25) is 0 Å². The highest BCUT2D eigenvalue weighted by Crippen LogP contribution is 2.30. The zero-order valence-electron chi connectivity index (χ0n) is 14.4. The van der Waals surface area contributed by atoms with E-state index in [0.29, 0.717) is 19.0 Å². The minimum atomic E-state index is -0.267. The van der Waals surface area contributed by atoms with Gasteiger partial charge < -0.3 is 20.1 Å². The van der Waals surface area contributed by atoms with Crippen LogP contribution < -0.4 is 10.1 Å². The van der Waals surface area contributed by atoms with Gasteiger partial charge in [0, 0.05) is 31.6 Å². The van der Waals surface area contributed by atoms with Crippen molar-refractivity contribution < 1.29 is 14.6 Å². The highest BCUT2D eigenvalue weighted by Gasteiger charge is 2.27. The summed E-state index contributed by atoms with van der Waals surface area (Å²) in [7, 11) is 1.79. The molecule has 5 nitrogen and oxygen atoms in total. The molecule has 2 atom stereocenters. The number of benzene rings is 1. The molecule has 0 heterocycles. The van der Waals surface area contributed by atoms with Crippen molar-refractivity contribution in [3.63, 3.8) is 0 Å². The molecule has 3 rings (SSSR count). The van der Waals surface area contributed by atoms with E-state index in [1.807, 2.05) is 24.3 Å². The van der Waals surface area contributed by atoms with Crippen LogP contribution in [0.25, 0.3) is 0 Å². The quantitative estimate of drug-likeness (QED) is 0.807. The second-order valence-corrected chi connectivity index (χ2v) is 7.16. The van der Waals surface area contributed by atoms with E-state index in [0.717, 1.165) is 37.2 Å². The van der Waals surface area contributed by atoms with Gasteiger partial charge in [0.2, 0.25) is 0 Å². The summed E-state index contributed by atoms with van der Waals surface area (Å²) in [6.45, 7) is 1.83. The third-order valence-electron chi connectivity index (χ3n) is 5.05.